The zero-order chi connectivity index (χ0) is 19.5. The summed E-state index contributed by atoms with van der Waals surface area (Å²) in [6, 6.07) is 26.6. The van der Waals surface area contributed by atoms with Crippen LogP contribution in [-0.4, -0.2) is 10.5 Å². The number of nitrogens with zero attached hydrogens (tertiary/aromatic N) is 1. The lowest BCUT2D eigenvalue weighted by Crippen LogP contribution is -2.23. The van der Waals surface area contributed by atoms with Crippen molar-refractivity contribution >= 4 is 16.8 Å². The van der Waals surface area contributed by atoms with Gasteiger partial charge in [-0.3, -0.25) is 9.59 Å². The maximum absolute atomic E-state index is 12.7. The van der Waals surface area contributed by atoms with Crippen molar-refractivity contribution < 1.29 is 4.79 Å². The quantitative estimate of drug-likeness (QED) is 0.589. The first kappa shape index (κ1) is 17.7. The van der Waals surface area contributed by atoms with Gasteiger partial charge in [-0.05, 0) is 34.9 Å². The van der Waals surface area contributed by atoms with Crippen molar-refractivity contribution in [3.8, 4) is 11.1 Å². The van der Waals surface area contributed by atoms with E-state index >= 15 is 0 Å². The molecule has 1 N–H and O–H groups in total. The van der Waals surface area contributed by atoms with E-state index in [2.05, 4.69) is 5.32 Å². The fourth-order valence-electron chi connectivity index (χ4n) is 3.34. The van der Waals surface area contributed by atoms with E-state index in [-0.39, 0.29) is 11.5 Å². The first-order valence-electron chi connectivity index (χ1n) is 9.15. The third-order valence-corrected chi connectivity index (χ3v) is 4.89. The van der Waals surface area contributed by atoms with Crippen LogP contribution in [0.3, 0.4) is 0 Å². The zero-order valence-electron chi connectivity index (χ0n) is 15.6. The maximum Gasteiger partial charge on any atom is 0.251 e. The predicted octanol–water partition coefficient (Wildman–Crippen LogP) is 4.14. The summed E-state index contributed by atoms with van der Waals surface area (Å²) in [4.78, 5) is 25.1. The second-order valence-corrected chi connectivity index (χ2v) is 6.72. The summed E-state index contributed by atoms with van der Waals surface area (Å²) in [6.07, 6.45) is 0. The maximum atomic E-state index is 12.7. The number of aryl methyl sites for hydroxylation is 1. The van der Waals surface area contributed by atoms with Gasteiger partial charge in [0.15, 0.2) is 0 Å². The molecule has 4 aromatic rings. The van der Waals surface area contributed by atoms with Gasteiger partial charge < -0.3 is 9.88 Å². The summed E-state index contributed by atoms with van der Waals surface area (Å²) in [5.74, 6) is -0.140. The number of pyridine rings is 1. The first-order valence-corrected chi connectivity index (χ1v) is 9.15. The molecule has 1 heterocycles. The molecule has 0 spiro atoms. The molecule has 0 unspecified atom stereocenters. The molecule has 0 saturated carbocycles. The van der Waals surface area contributed by atoms with Gasteiger partial charge in [0, 0.05) is 30.6 Å². The lowest BCUT2D eigenvalue weighted by atomic mass is 9.99. The van der Waals surface area contributed by atoms with Gasteiger partial charge in [-0.15, -0.1) is 0 Å². The third kappa shape index (κ3) is 3.45. The Morgan fingerprint density at radius 2 is 1.57 bits per heavy atom. The fraction of sp³-hybridized carbons (Fsp3) is 0.0833. The van der Waals surface area contributed by atoms with Gasteiger partial charge in [-0.2, -0.15) is 0 Å². The van der Waals surface area contributed by atoms with Crippen LogP contribution in [0.1, 0.15) is 15.9 Å². The van der Waals surface area contributed by atoms with Crippen molar-refractivity contribution in [2.75, 3.05) is 0 Å². The molecule has 4 rings (SSSR count). The highest BCUT2D eigenvalue weighted by Crippen LogP contribution is 2.27. The van der Waals surface area contributed by atoms with Crippen molar-refractivity contribution in [2.24, 2.45) is 7.05 Å². The van der Waals surface area contributed by atoms with Crippen molar-refractivity contribution in [1.82, 2.24) is 9.88 Å². The average molecular weight is 368 g/mol. The Morgan fingerprint density at radius 3 is 2.29 bits per heavy atom. The molecular formula is C24H20N2O2. The van der Waals surface area contributed by atoms with Crippen molar-refractivity contribution in [1.29, 1.82) is 0 Å². The number of carbonyl (C=O) groups excluding carboxylic acids is 1. The summed E-state index contributed by atoms with van der Waals surface area (Å²) in [7, 11) is 1.74. The van der Waals surface area contributed by atoms with Crippen LogP contribution in [0.4, 0.5) is 0 Å². The Balaban J connectivity index is 1.74. The Morgan fingerprint density at radius 1 is 0.893 bits per heavy atom. The summed E-state index contributed by atoms with van der Waals surface area (Å²) < 4.78 is 1.60. The van der Waals surface area contributed by atoms with E-state index < -0.39 is 0 Å². The Labute approximate surface area is 163 Å². The number of fused-ring (bicyclic) bond motifs is 1. The molecule has 0 fully saturated rings. The fourth-order valence-corrected chi connectivity index (χ4v) is 3.34. The summed E-state index contributed by atoms with van der Waals surface area (Å²) >= 11 is 0. The molecule has 4 nitrogen and oxygen atoms in total. The van der Waals surface area contributed by atoms with Crippen molar-refractivity contribution in [2.45, 2.75) is 6.54 Å². The van der Waals surface area contributed by atoms with E-state index in [0.717, 1.165) is 27.6 Å². The van der Waals surface area contributed by atoms with Crippen LogP contribution >= 0.6 is 0 Å². The van der Waals surface area contributed by atoms with E-state index in [9.17, 15) is 9.59 Å². The molecule has 0 saturated heterocycles. The number of nitrogens with one attached hydrogen (secondary N) is 1. The zero-order valence-corrected chi connectivity index (χ0v) is 15.6. The van der Waals surface area contributed by atoms with Gasteiger partial charge in [0.2, 0.25) is 0 Å². The molecule has 1 aromatic heterocycles. The number of carbonyl (C=O) groups is 1. The minimum absolute atomic E-state index is 0.0763. The predicted molar refractivity (Wildman–Crippen MR) is 112 cm³/mol. The SMILES string of the molecule is Cn1c(=O)cc(-c2ccccc2)c2cc(C(=O)NCc3ccccc3)ccc21. The van der Waals surface area contributed by atoms with Crippen LogP contribution in [0.2, 0.25) is 0 Å². The number of hydrogen-bond donors (Lipinski definition) is 1. The van der Waals surface area contributed by atoms with Crippen LogP contribution in [0, 0.1) is 0 Å². The van der Waals surface area contributed by atoms with Gasteiger partial charge in [-0.1, -0.05) is 60.7 Å². The van der Waals surface area contributed by atoms with E-state index in [0.29, 0.717) is 12.1 Å². The van der Waals surface area contributed by atoms with E-state index in [4.69, 9.17) is 0 Å². The third-order valence-electron chi connectivity index (χ3n) is 4.89. The van der Waals surface area contributed by atoms with Crippen molar-refractivity contribution in [3.63, 3.8) is 0 Å². The lowest BCUT2D eigenvalue weighted by Gasteiger charge is -2.12. The average Bonchev–Trinajstić information content (AvgIpc) is 2.75. The molecule has 1 amide bonds. The van der Waals surface area contributed by atoms with E-state index in [1.54, 1.807) is 23.7 Å². The second-order valence-electron chi connectivity index (χ2n) is 6.72. The Hall–Kier alpha value is -3.66. The highest BCUT2D eigenvalue weighted by atomic mass is 16.1. The molecular weight excluding hydrogens is 348 g/mol. The molecule has 3 aromatic carbocycles. The first-order chi connectivity index (χ1) is 13.6. The molecule has 0 atom stereocenters. The van der Waals surface area contributed by atoms with Gasteiger partial charge in [0.1, 0.15) is 0 Å². The van der Waals surface area contributed by atoms with Crippen LogP contribution in [-0.2, 0) is 13.6 Å². The molecule has 0 bridgehead atoms. The van der Waals surface area contributed by atoms with Gasteiger partial charge in [0.25, 0.3) is 11.5 Å². The van der Waals surface area contributed by atoms with Crippen LogP contribution in [0.25, 0.3) is 22.0 Å². The summed E-state index contributed by atoms with van der Waals surface area (Å²) in [5.41, 5.74) is 4.12. The Bertz CT molecular complexity index is 1200. The molecule has 0 aliphatic rings. The Kier molecular flexibility index (Phi) is 4.77. The highest BCUT2D eigenvalue weighted by Gasteiger charge is 2.12. The normalized spacial score (nSPS) is 10.8. The number of amides is 1. The minimum atomic E-state index is -0.140. The molecule has 0 aliphatic heterocycles. The number of benzene rings is 3. The standard InChI is InChI=1S/C24H20N2O2/c1-26-22-13-12-19(24(28)25-16-17-8-4-2-5-9-17)14-21(22)20(15-23(26)27)18-10-6-3-7-11-18/h2-15H,16H2,1H3,(H,25,28). The summed E-state index contributed by atoms with van der Waals surface area (Å²) in [5, 5.41) is 3.83. The lowest BCUT2D eigenvalue weighted by molar-refractivity contribution is 0.0951. The smallest absolute Gasteiger partial charge is 0.251 e. The molecule has 138 valence electrons. The summed E-state index contributed by atoms with van der Waals surface area (Å²) in [6.45, 7) is 0.469. The van der Waals surface area contributed by atoms with Gasteiger partial charge >= 0.3 is 0 Å². The topological polar surface area (TPSA) is 51.1 Å². The largest absolute Gasteiger partial charge is 0.348 e. The number of aromatic nitrogens is 1. The van der Waals surface area contributed by atoms with Crippen LogP contribution in [0.5, 0.6) is 0 Å². The second kappa shape index (κ2) is 7.53. The number of hydrogen-bond acceptors (Lipinski definition) is 2. The molecule has 0 aliphatic carbocycles. The van der Waals surface area contributed by atoms with Crippen LogP contribution in [0.15, 0.2) is 89.7 Å². The minimum Gasteiger partial charge on any atom is -0.348 e. The highest BCUT2D eigenvalue weighted by molar-refractivity contribution is 6.02. The van der Waals surface area contributed by atoms with Crippen molar-refractivity contribution in [3.05, 3.63) is 106 Å². The monoisotopic (exact) mass is 368 g/mol. The number of rotatable bonds is 4. The van der Waals surface area contributed by atoms with Crippen LogP contribution < -0.4 is 10.9 Å². The molecule has 0 radical (unpaired) electrons. The van der Waals surface area contributed by atoms with Gasteiger partial charge in [-0.25, -0.2) is 0 Å². The molecule has 4 heteroatoms. The van der Waals surface area contributed by atoms with Gasteiger partial charge in [0.05, 0.1) is 5.52 Å². The van der Waals surface area contributed by atoms with E-state index in [1.165, 1.54) is 0 Å². The molecule has 28 heavy (non-hydrogen) atoms. The van der Waals surface area contributed by atoms with E-state index in [1.807, 2.05) is 72.8 Å².